The summed E-state index contributed by atoms with van der Waals surface area (Å²) in [4.78, 5) is 23.5. The molecule has 0 fully saturated rings. The number of H-pyrrole nitrogens is 1. The summed E-state index contributed by atoms with van der Waals surface area (Å²) in [5.74, 6) is 0.789. The Morgan fingerprint density at radius 1 is 1.32 bits per heavy atom. The van der Waals surface area contributed by atoms with E-state index >= 15 is 0 Å². The number of nitrogens with two attached hydrogens (primary N) is 1. The van der Waals surface area contributed by atoms with Crippen molar-refractivity contribution in [1.82, 2.24) is 20.3 Å². The van der Waals surface area contributed by atoms with Crippen LogP contribution >= 0.6 is 0 Å². The van der Waals surface area contributed by atoms with Crippen molar-refractivity contribution in [2.45, 2.75) is 13.5 Å². The number of nitrogens with zero attached hydrogens (tertiary/aromatic N) is 2. The Bertz CT molecular complexity index is 887. The zero-order chi connectivity index (χ0) is 17.8. The van der Waals surface area contributed by atoms with Gasteiger partial charge in [-0.25, -0.2) is 9.97 Å². The Kier molecular flexibility index (Phi) is 4.65. The number of anilines is 1. The lowest BCUT2D eigenvalue weighted by molar-refractivity contribution is 0.0946. The van der Waals surface area contributed by atoms with Crippen LogP contribution in [0.5, 0.6) is 5.75 Å². The summed E-state index contributed by atoms with van der Waals surface area (Å²) in [5.41, 5.74) is 9.48. The van der Waals surface area contributed by atoms with E-state index in [0.29, 0.717) is 17.9 Å². The van der Waals surface area contributed by atoms with E-state index in [2.05, 4.69) is 20.3 Å². The highest BCUT2D eigenvalue weighted by molar-refractivity contribution is 5.93. The number of ether oxygens (including phenoxy) is 1. The molecule has 25 heavy (non-hydrogen) atoms. The van der Waals surface area contributed by atoms with E-state index in [1.54, 1.807) is 25.6 Å². The van der Waals surface area contributed by atoms with Gasteiger partial charge in [0.2, 0.25) is 5.95 Å². The molecule has 0 bridgehead atoms. The molecule has 4 N–H and O–H groups in total. The minimum absolute atomic E-state index is 0.193. The molecular formula is C18H19N5O2. The Hall–Kier alpha value is -3.35. The molecule has 7 heteroatoms. The second-order valence-electron chi connectivity index (χ2n) is 5.59. The van der Waals surface area contributed by atoms with E-state index in [4.69, 9.17) is 10.5 Å². The molecule has 0 aliphatic carbocycles. The number of aryl methyl sites for hydroxylation is 1. The molecule has 128 valence electrons. The van der Waals surface area contributed by atoms with Gasteiger partial charge in [0, 0.05) is 24.5 Å². The smallest absolute Gasteiger partial charge is 0.267 e. The van der Waals surface area contributed by atoms with Crippen LogP contribution in [-0.2, 0) is 6.54 Å². The van der Waals surface area contributed by atoms with Crippen molar-refractivity contribution in [1.29, 1.82) is 0 Å². The Morgan fingerprint density at radius 3 is 2.80 bits per heavy atom. The number of nitrogen functional groups attached to an aromatic ring is 1. The summed E-state index contributed by atoms with van der Waals surface area (Å²) in [6, 6.07) is 9.28. The monoisotopic (exact) mass is 337 g/mol. The van der Waals surface area contributed by atoms with Crippen molar-refractivity contribution in [2.24, 2.45) is 0 Å². The molecule has 1 aromatic carbocycles. The van der Waals surface area contributed by atoms with Crippen LogP contribution in [0.2, 0.25) is 0 Å². The number of aromatic nitrogens is 3. The number of benzene rings is 1. The van der Waals surface area contributed by atoms with Gasteiger partial charge in [0.1, 0.15) is 11.4 Å². The van der Waals surface area contributed by atoms with Crippen molar-refractivity contribution >= 4 is 11.9 Å². The first-order chi connectivity index (χ1) is 12.1. The molecule has 0 aliphatic rings. The van der Waals surface area contributed by atoms with Crippen LogP contribution in [-0.4, -0.2) is 28.0 Å². The van der Waals surface area contributed by atoms with Crippen LogP contribution in [0, 0.1) is 6.92 Å². The van der Waals surface area contributed by atoms with Crippen molar-refractivity contribution in [3.8, 4) is 17.0 Å². The first-order valence-electron chi connectivity index (χ1n) is 7.76. The number of aromatic amines is 1. The molecule has 0 saturated heterocycles. The van der Waals surface area contributed by atoms with Gasteiger partial charge < -0.3 is 20.8 Å². The van der Waals surface area contributed by atoms with Gasteiger partial charge in [-0.05, 0) is 36.2 Å². The summed E-state index contributed by atoms with van der Waals surface area (Å²) in [6.45, 7) is 2.32. The minimum atomic E-state index is -0.193. The maximum atomic E-state index is 12.3. The highest BCUT2D eigenvalue weighted by atomic mass is 16.5. The van der Waals surface area contributed by atoms with Gasteiger partial charge in [0.25, 0.3) is 5.91 Å². The van der Waals surface area contributed by atoms with Crippen LogP contribution < -0.4 is 15.8 Å². The Balaban J connectivity index is 1.69. The Labute approximate surface area is 145 Å². The highest BCUT2D eigenvalue weighted by Gasteiger charge is 2.12. The summed E-state index contributed by atoms with van der Waals surface area (Å²) in [5, 5.41) is 2.88. The first kappa shape index (κ1) is 16.5. The van der Waals surface area contributed by atoms with E-state index in [1.807, 2.05) is 31.2 Å². The molecule has 0 atom stereocenters. The molecule has 0 radical (unpaired) electrons. The lowest BCUT2D eigenvalue weighted by Gasteiger charge is -2.05. The number of nitrogens with one attached hydrogen (secondary N) is 2. The fraction of sp³-hybridized carbons (Fsp3) is 0.167. The third-order valence-corrected chi connectivity index (χ3v) is 3.80. The van der Waals surface area contributed by atoms with Gasteiger partial charge in [-0.3, -0.25) is 4.79 Å². The number of rotatable bonds is 5. The van der Waals surface area contributed by atoms with Crippen LogP contribution in [0.25, 0.3) is 11.3 Å². The molecule has 3 aromatic rings. The van der Waals surface area contributed by atoms with Crippen LogP contribution in [0.15, 0.2) is 42.7 Å². The number of methoxy groups -OCH3 is 1. The van der Waals surface area contributed by atoms with Gasteiger partial charge in [-0.1, -0.05) is 12.1 Å². The van der Waals surface area contributed by atoms with E-state index in [-0.39, 0.29) is 11.9 Å². The predicted octanol–water partition coefficient (Wildman–Crippen LogP) is 2.30. The molecule has 7 nitrogen and oxygen atoms in total. The average Bonchev–Trinajstić information content (AvgIpc) is 3.12. The predicted molar refractivity (Wildman–Crippen MR) is 95.1 cm³/mol. The standard InChI is InChI=1S/C18H19N5O2/c1-11-8-22-18(19)23-16(11)13-7-15(20-10-13)17(24)21-9-12-3-5-14(25-2)6-4-12/h3-8,10,20H,9H2,1-2H3,(H,21,24)(H2,19,22,23). The van der Waals surface area contributed by atoms with E-state index in [1.165, 1.54) is 0 Å². The van der Waals surface area contributed by atoms with Gasteiger partial charge in [0.05, 0.1) is 12.8 Å². The molecule has 0 unspecified atom stereocenters. The summed E-state index contributed by atoms with van der Waals surface area (Å²) >= 11 is 0. The summed E-state index contributed by atoms with van der Waals surface area (Å²) in [7, 11) is 1.62. The van der Waals surface area contributed by atoms with Crippen molar-refractivity contribution < 1.29 is 9.53 Å². The van der Waals surface area contributed by atoms with E-state index in [0.717, 1.165) is 22.4 Å². The zero-order valence-electron chi connectivity index (χ0n) is 14.0. The van der Waals surface area contributed by atoms with Gasteiger partial charge in [-0.2, -0.15) is 0 Å². The number of carbonyl (C=O) groups is 1. The third kappa shape index (κ3) is 3.77. The molecule has 0 aliphatic heterocycles. The number of carbonyl (C=O) groups excluding carboxylic acids is 1. The summed E-state index contributed by atoms with van der Waals surface area (Å²) < 4.78 is 5.12. The lowest BCUT2D eigenvalue weighted by Crippen LogP contribution is -2.22. The van der Waals surface area contributed by atoms with Crippen LogP contribution in [0.3, 0.4) is 0 Å². The number of hydrogen-bond acceptors (Lipinski definition) is 5. The normalized spacial score (nSPS) is 10.5. The average molecular weight is 337 g/mol. The fourth-order valence-corrected chi connectivity index (χ4v) is 2.43. The van der Waals surface area contributed by atoms with Gasteiger partial charge in [-0.15, -0.1) is 0 Å². The minimum Gasteiger partial charge on any atom is -0.497 e. The molecule has 0 spiro atoms. The Morgan fingerprint density at radius 2 is 2.08 bits per heavy atom. The second-order valence-corrected chi connectivity index (χ2v) is 5.59. The maximum absolute atomic E-state index is 12.3. The van der Waals surface area contributed by atoms with Gasteiger partial charge >= 0.3 is 0 Å². The highest BCUT2D eigenvalue weighted by Crippen LogP contribution is 2.22. The molecule has 1 amide bonds. The fourth-order valence-electron chi connectivity index (χ4n) is 2.43. The zero-order valence-corrected chi connectivity index (χ0v) is 14.0. The largest absolute Gasteiger partial charge is 0.497 e. The van der Waals surface area contributed by atoms with Gasteiger partial charge in [0.15, 0.2) is 0 Å². The van der Waals surface area contributed by atoms with Crippen LogP contribution in [0.4, 0.5) is 5.95 Å². The third-order valence-electron chi connectivity index (χ3n) is 3.80. The first-order valence-corrected chi connectivity index (χ1v) is 7.76. The van der Waals surface area contributed by atoms with Crippen LogP contribution in [0.1, 0.15) is 21.6 Å². The number of amides is 1. The van der Waals surface area contributed by atoms with Crippen molar-refractivity contribution in [3.05, 3.63) is 59.5 Å². The maximum Gasteiger partial charge on any atom is 0.267 e. The SMILES string of the molecule is COc1ccc(CNC(=O)c2cc(-c3nc(N)ncc3C)c[nH]2)cc1. The van der Waals surface area contributed by atoms with E-state index in [9.17, 15) is 4.79 Å². The molecule has 2 aromatic heterocycles. The van der Waals surface area contributed by atoms with Crippen molar-refractivity contribution in [3.63, 3.8) is 0 Å². The lowest BCUT2D eigenvalue weighted by atomic mass is 10.1. The number of hydrogen-bond donors (Lipinski definition) is 3. The van der Waals surface area contributed by atoms with E-state index < -0.39 is 0 Å². The second kappa shape index (κ2) is 7.04. The topological polar surface area (TPSA) is 106 Å². The summed E-state index contributed by atoms with van der Waals surface area (Å²) in [6.07, 6.45) is 3.39. The molecule has 2 heterocycles. The molecular weight excluding hydrogens is 318 g/mol. The molecule has 0 saturated carbocycles. The quantitative estimate of drug-likeness (QED) is 0.662. The van der Waals surface area contributed by atoms with Crippen molar-refractivity contribution in [2.75, 3.05) is 12.8 Å². The molecule has 3 rings (SSSR count).